The van der Waals surface area contributed by atoms with E-state index in [2.05, 4.69) is 9.62 Å². The molecule has 1 heterocycles. The minimum absolute atomic E-state index is 0.323. The minimum Gasteiger partial charge on any atom is -0.328 e. The summed E-state index contributed by atoms with van der Waals surface area (Å²) in [7, 11) is -3.11. The highest BCUT2D eigenvalue weighted by atomic mass is 32.2. The van der Waals surface area contributed by atoms with Gasteiger partial charge in [0.2, 0.25) is 10.0 Å². The van der Waals surface area contributed by atoms with Crippen LogP contribution in [0.5, 0.6) is 0 Å². The molecular weight excluding hydrogens is 226 g/mol. The van der Waals surface area contributed by atoms with Crippen LogP contribution in [0.2, 0.25) is 0 Å². The zero-order valence-corrected chi connectivity index (χ0v) is 11.0. The Morgan fingerprint density at radius 2 is 1.94 bits per heavy atom. The Hall–Kier alpha value is -0.170. The average molecular weight is 249 g/mol. The number of hydrogen-bond acceptors (Lipinski definition) is 4. The molecule has 0 aromatic rings. The molecule has 6 heteroatoms. The van der Waals surface area contributed by atoms with E-state index in [1.165, 1.54) is 0 Å². The summed E-state index contributed by atoms with van der Waals surface area (Å²) in [4.78, 5) is 2.26. The van der Waals surface area contributed by atoms with Crippen molar-refractivity contribution < 1.29 is 8.42 Å². The number of likely N-dealkylation sites (tertiary alicyclic amines) is 1. The number of nitrogens with zero attached hydrogens (tertiary/aromatic N) is 1. The number of rotatable bonds is 5. The summed E-state index contributed by atoms with van der Waals surface area (Å²) in [6, 6.07) is 0.323. The molecule has 0 aromatic heterocycles. The Labute approximate surface area is 98.4 Å². The van der Waals surface area contributed by atoms with Gasteiger partial charge in [0.1, 0.15) is 0 Å². The first-order chi connectivity index (χ1) is 7.42. The summed E-state index contributed by atoms with van der Waals surface area (Å²) in [6.45, 7) is 6.59. The molecule has 0 bridgehead atoms. The number of sulfonamides is 1. The van der Waals surface area contributed by atoms with E-state index in [1.54, 1.807) is 13.8 Å². The second-order valence-corrected chi connectivity index (χ2v) is 6.99. The van der Waals surface area contributed by atoms with Crippen molar-refractivity contribution >= 4 is 10.0 Å². The van der Waals surface area contributed by atoms with Crippen molar-refractivity contribution in [1.29, 1.82) is 0 Å². The SMILES string of the molecule is CC(C)S(=O)(=O)NCCN1CCC(N)CC1. The van der Waals surface area contributed by atoms with Crippen LogP contribution in [0.3, 0.4) is 0 Å². The van der Waals surface area contributed by atoms with Crippen molar-refractivity contribution in [2.45, 2.75) is 38.0 Å². The quantitative estimate of drug-likeness (QED) is 0.704. The van der Waals surface area contributed by atoms with E-state index in [-0.39, 0.29) is 5.25 Å². The maximum atomic E-state index is 11.5. The zero-order valence-electron chi connectivity index (χ0n) is 10.1. The third kappa shape index (κ3) is 4.37. The van der Waals surface area contributed by atoms with Crippen molar-refractivity contribution in [3.63, 3.8) is 0 Å². The van der Waals surface area contributed by atoms with Gasteiger partial charge < -0.3 is 10.6 Å². The van der Waals surface area contributed by atoms with E-state index in [0.29, 0.717) is 12.6 Å². The predicted octanol–water partition coefficient (Wildman–Crippen LogP) is -0.263. The van der Waals surface area contributed by atoms with E-state index in [1.807, 2.05) is 0 Å². The summed E-state index contributed by atoms with van der Waals surface area (Å²) in [6.07, 6.45) is 2.02. The molecule has 0 amide bonds. The summed E-state index contributed by atoms with van der Waals surface area (Å²) in [5, 5.41) is -0.359. The average Bonchev–Trinajstić information content (AvgIpc) is 2.20. The molecule has 1 aliphatic rings. The molecule has 0 unspecified atom stereocenters. The van der Waals surface area contributed by atoms with Gasteiger partial charge in [-0.25, -0.2) is 13.1 Å². The molecule has 5 nitrogen and oxygen atoms in total. The molecular formula is C10H23N3O2S. The van der Waals surface area contributed by atoms with Crippen LogP contribution >= 0.6 is 0 Å². The van der Waals surface area contributed by atoms with Crippen LogP contribution in [-0.2, 0) is 10.0 Å². The van der Waals surface area contributed by atoms with Gasteiger partial charge >= 0.3 is 0 Å². The molecule has 0 spiro atoms. The predicted molar refractivity (Wildman–Crippen MR) is 65.7 cm³/mol. The molecule has 1 aliphatic heterocycles. The Balaban J connectivity index is 2.21. The minimum atomic E-state index is -3.11. The van der Waals surface area contributed by atoms with Crippen LogP contribution in [-0.4, -0.2) is 50.8 Å². The smallest absolute Gasteiger partial charge is 0.213 e. The summed E-state index contributed by atoms with van der Waals surface area (Å²) in [5.74, 6) is 0. The monoisotopic (exact) mass is 249 g/mol. The molecule has 1 fully saturated rings. The standard InChI is InChI=1S/C10H23N3O2S/c1-9(2)16(14,15)12-5-8-13-6-3-10(11)4-7-13/h9-10,12H,3-8,11H2,1-2H3. The van der Waals surface area contributed by atoms with Crippen molar-refractivity contribution in [2.24, 2.45) is 5.73 Å². The van der Waals surface area contributed by atoms with Gasteiger partial charge in [0.25, 0.3) is 0 Å². The molecule has 16 heavy (non-hydrogen) atoms. The fourth-order valence-corrected chi connectivity index (χ4v) is 2.40. The van der Waals surface area contributed by atoms with Crippen LogP contribution < -0.4 is 10.5 Å². The highest BCUT2D eigenvalue weighted by Crippen LogP contribution is 2.07. The van der Waals surface area contributed by atoms with Gasteiger partial charge in [-0.1, -0.05) is 0 Å². The van der Waals surface area contributed by atoms with Gasteiger partial charge in [-0.2, -0.15) is 0 Å². The molecule has 96 valence electrons. The molecule has 0 saturated carbocycles. The maximum Gasteiger partial charge on any atom is 0.213 e. The number of nitrogens with two attached hydrogens (primary N) is 1. The van der Waals surface area contributed by atoms with Crippen LogP contribution in [0.4, 0.5) is 0 Å². The Bertz CT molecular complexity index is 295. The van der Waals surface area contributed by atoms with Crippen LogP contribution in [0.1, 0.15) is 26.7 Å². The highest BCUT2D eigenvalue weighted by Gasteiger charge is 2.18. The summed E-state index contributed by atoms with van der Waals surface area (Å²) < 4.78 is 25.6. The number of piperidine rings is 1. The van der Waals surface area contributed by atoms with E-state index in [4.69, 9.17) is 5.73 Å². The molecule has 0 aliphatic carbocycles. The van der Waals surface area contributed by atoms with Crippen molar-refractivity contribution in [1.82, 2.24) is 9.62 Å². The lowest BCUT2D eigenvalue weighted by atomic mass is 10.1. The molecule has 0 aromatic carbocycles. The topological polar surface area (TPSA) is 75.4 Å². The van der Waals surface area contributed by atoms with Gasteiger partial charge in [0, 0.05) is 19.1 Å². The Kier molecular flexibility index (Phi) is 5.17. The first-order valence-electron chi connectivity index (χ1n) is 5.88. The van der Waals surface area contributed by atoms with E-state index < -0.39 is 10.0 Å². The normalized spacial score (nSPS) is 20.5. The van der Waals surface area contributed by atoms with Crippen molar-refractivity contribution in [2.75, 3.05) is 26.2 Å². The van der Waals surface area contributed by atoms with Crippen LogP contribution in [0.25, 0.3) is 0 Å². The van der Waals surface area contributed by atoms with Gasteiger partial charge in [0.15, 0.2) is 0 Å². The molecule has 0 radical (unpaired) electrons. The molecule has 1 saturated heterocycles. The fraction of sp³-hybridized carbons (Fsp3) is 1.00. The summed E-state index contributed by atoms with van der Waals surface area (Å²) in [5.41, 5.74) is 5.80. The van der Waals surface area contributed by atoms with Gasteiger partial charge in [-0.15, -0.1) is 0 Å². The molecule has 3 N–H and O–H groups in total. The lowest BCUT2D eigenvalue weighted by Crippen LogP contribution is -2.43. The molecule has 0 atom stereocenters. The van der Waals surface area contributed by atoms with Crippen molar-refractivity contribution in [3.8, 4) is 0 Å². The summed E-state index contributed by atoms with van der Waals surface area (Å²) >= 11 is 0. The Morgan fingerprint density at radius 1 is 1.38 bits per heavy atom. The lowest BCUT2D eigenvalue weighted by molar-refractivity contribution is 0.217. The van der Waals surface area contributed by atoms with Gasteiger partial charge in [-0.3, -0.25) is 0 Å². The van der Waals surface area contributed by atoms with Gasteiger partial charge in [-0.05, 0) is 39.8 Å². The highest BCUT2D eigenvalue weighted by molar-refractivity contribution is 7.90. The Morgan fingerprint density at radius 3 is 2.44 bits per heavy atom. The first-order valence-corrected chi connectivity index (χ1v) is 7.43. The first kappa shape index (κ1) is 13.9. The molecule has 1 rings (SSSR count). The second-order valence-electron chi connectivity index (χ2n) is 4.67. The van der Waals surface area contributed by atoms with E-state index >= 15 is 0 Å². The van der Waals surface area contributed by atoms with Gasteiger partial charge in [0.05, 0.1) is 5.25 Å². The maximum absolute atomic E-state index is 11.5. The third-order valence-corrected chi connectivity index (χ3v) is 4.83. The van der Waals surface area contributed by atoms with Crippen LogP contribution in [0, 0.1) is 0 Å². The number of nitrogens with one attached hydrogen (secondary N) is 1. The zero-order chi connectivity index (χ0) is 12.2. The fourth-order valence-electron chi connectivity index (χ4n) is 1.69. The van der Waals surface area contributed by atoms with Crippen molar-refractivity contribution in [3.05, 3.63) is 0 Å². The lowest BCUT2D eigenvalue weighted by Gasteiger charge is -2.30. The van der Waals surface area contributed by atoms with Crippen LogP contribution in [0.15, 0.2) is 0 Å². The van der Waals surface area contributed by atoms with E-state index in [0.717, 1.165) is 32.5 Å². The third-order valence-electron chi connectivity index (χ3n) is 2.98. The van der Waals surface area contributed by atoms with E-state index in [9.17, 15) is 8.42 Å². The largest absolute Gasteiger partial charge is 0.328 e. The number of hydrogen-bond donors (Lipinski definition) is 2. The second kappa shape index (κ2) is 5.95.